The fourth-order valence-electron chi connectivity index (χ4n) is 2.10. The highest BCUT2D eigenvalue weighted by Gasteiger charge is 2.30. The summed E-state index contributed by atoms with van der Waals surface area (Å²) in [6, 6.07) is 1.31. The molecule has 0 atom stereocenters. The SMILES string of the molecule is CC1(CN)CCN(c2ncc(Cl)cc2F)CC1. The second kappa shape index (κ2) is 4.78. The molecule has 0 unspecified atom stereocenters. The second-order valence-corrected chi connectivity index (χ2v) is 5.40. The molecule has 3 nitrogen and oxygen atoms in total. The molecular formula is C12H17ClFN3. The fourth-order valence-corrected chi connectivity index (χ4v) is 2.25. The van der Waals surface area contributed by atoms with Crippen LogP contribution in [0.25, 0.3) is 0 Å². The Balaban J connectivity index is 2.10. The molecule has 1 aromatic heterocycles. The molecule has 17 heavy (non-hydrogen) atoms. The summed E-state index contributed by atoms with van der Waals surface area (Å²) in [4.78, 5) is 6.02. The van der Waals surface area contributed by atoms with Gasteiger partial charge in [0.05, 0.1) is 5.02 Å². The van der Waals surface area contributed by atoms with Gasteiger partial charge in [-0.15, -0.1) is 0 Å². The van der Waals surface area contributed by atoms with Crippen molar-refractivity contribution in [2.75, 3.05) is 24.5 Å². The minimum absolute atomic E-state index is 0.180. The molecule has 1 aliphatic heterocycles. The van der Waals surface area contributed by atoms with E-state index in [-0.39, 0.29) is 11.2 Å². The third-order valence-electron chi connectivity index (χ3n) is 3.55. The number of rotatable bonds is 2. The number of piperidine rings is 1. The Kier molecular flexibility index (Phi) is 3.54. The van der Waals surface area contributed by atoms with E-state index in [0.717, 1.165) is 25.9 Å². The van der Waals surface area contributed by atoms with E-state index >= 15 is 0 Å². The first-order chi connectivity index (χ1) is 8.04. The monoisotopic (exact) mass is 257 g/mol. The van der Waals surface area contributed by atoms with Crippen molar-refractivity contribution in [2.45, 2.75) is 19.8 Å². The van der Waals surface area contributed by atoms with Gasteiger partial charge in [-0.3, -0.25) is 0 Å². The summed E-state index contributed by atoms with van der Waals surface area (Å²) in [5, 5.41) is 0.329. The van der Waals surface area contributed by atoms with Gasteiger partial charge in [0.1, 0.15) is 0 Å². The lowest BCUT2D eigenvalue weighted by atomic mass is 9.80. The zero-order valence-corrected chi connectivity index (χ0v) is 10.7. The third kappa shape index (κ3) is 2.69. The van der Waals surface area contributed by atoms with Crippen molar-refractivity contribution in [1.29, 1.82) is 0 Å². The Labute approximate surface area is 106 Å². The molecule has 1 aliphatic rings. The number of halogens is 2. The number of aromatic nitrogens is 1. The minimum Gasteiger partial charge on any atom is -0.354 e. The van der Waals surface area contributed by atoms with Crippen LogP contribution in [0, 0.1) is 11.2 Å². The molecule has 0 spiro atoms. The van der Waals surface area contributed by atoms with Crippen LogP contribution in [0.5, 0.6) is 0 Å². The van der Waals surface area contributed by atoms with Crippen molar-refractivity contribution in [1.82, 2.24) is 4.98 Å². The lowest BCUT2D eigenvalue weighted by Crippen LogP contribution is -2.42. The quantitative estimate of drug-likeness (QED) is 0.885. The van der Waals surface area contributed by atoms with Crippen LogP contribution in [0.15, 0.2) is 12.3 Å². The normalized spacial score (nSPS) is 19.4. The van der Waals surface area contributed by atoms with Crippen LogP contribution in [-0.4, -0.2) is 24.6 Å². The first-order valence-corrected chi connectivity index (χ1v) is 6.18. The molecule has 2 rings (SSSR count). The summed E-state index contributed by atoms with van der Waals surface area (Å²) < 4.78 is 13.7. The smallest absolute Gasteiger partial charge is 0.167 e. The molecule has 94 valence electrons. The van der Waals surface area contributed by atoms with E-state index in [0.29, 0.717) is 17.4 Å². The first kappa shape index (κ1) is 12.6. The van der Waals surface area contributed by atoms with E-state index in [1.165, 1.54) is 12.3 Å². The van der Waals surface area contributed by atoms with Crippen molar-refractivity contribution in [3.8, 4) is 0 Å². The number of anilines is 1. The summed E-state index contributed by atoms with van der Waals surface area (Å²) >= 11 is 5.69. The average Bonchev–Trinajstić information content (AvgIpc) is 2.31. The Bertz CT molecular complexity index is 403. The van der Waals surface area contributed by atoms with E-state index in [4.69, 9.17) is 17.3 Å². The Morgan fingerprint density at radius 2 is 2.18 bits per heavy atom. The fraction of sp³-hybridized carbons (Fsp3) is 0.583. The van der Waals surface area contributed by atoms with E-state index in [2.05, 4.69) is 11.9 Å². The molecule has 0 aliphatic carbocycles. The maximum Gasteiger partial charge on any atom is 0.167 e. The van der Waals surface area contributed by atoms with Gasteiger partial charge in [0.2, 0.25) is 0 Å². The van der Waals surface area contributed by atoms with Crippen LogP contribution in [-0.2, 0) is 0 Å². The van der Waals surface area contributed by atoms with Gasteiger partial charge < -0.3 is 10.6 Å². The predicted molar refractivity (Wildman–Crippen MR) is 67.8 cm³/mol. The maximum atomic E-state index is 13.7. The Hall–Kier alpha value is -0.870. The van der Waals surface area contributed by atoms with Crippen molar-refractivity contribution in [3.05, 3.63) is 23.1 Å². The van der Waals surface area contributed by atoms with Crippen LogP contribution >= 0.6 is 11.6 Å². The van der Waals surface area contributed by atoms with Crippen LogP contribution in [0.3, 0.4) is 0 Å². The molecule has 0 aromatic carbocycles. The van der Waals surface area contributed by atoms with Gasteiger partial charge in [0, 0.05) is 19.3 Å². The van der Waals surface area contributed by atoms with Crippen LogP contribution in [0.1, 0.15) is 19.8 Å². The van der Waals surface area contributed by atoms with Crippen molar-refractivity contribution in [2.24, 2.45) is 11.1 Å². The van der Waals surface area contributed by atoms with E-state index in [1.807, 2.05) is 4.90 Å². The van der Waals surface area contributed by atoms with Gasteiger partial charge in [-0.1, -0.05) is 18.5 Å². The molecular weight excluding hydrogens is 241 g/mol. The van der Waals surface area contributed by atoms with Crippen molar-refractivity contribution in [3.63, 3.8) is 0 Å². The molecule has 0 bridgehead atoms. The summed E-state index contributed by atoms with van der Waals surface area (Å²) in [5.41, 5.74) is 5.93. The Morgan fingerprint density at radius 3 is 2.71 bits per heavy atom. The summed E-state index contributed by atoms with van der Waals surface area (Å²) in [6.45, 7) is 4.44. The number of hydrogen-bond donors (Lipinski definition) is 1. The molecule has 1 aromatic rings. The van der Waals surface area contributed by atoms with Crippen molar-refractivity contribution < 1.29 is 4.39 Å². The van der Waals surface area contributed by atoms with Gasteiger partial charge in [0.25, 0.3) is 0 Å². The Morgan fingerprint density at radius 1 is 1.53 bits per heavy atom. The van der Waals surface area contributed by atoms with Gasteiger partial charge >= 0.3 is 0 Å². The molecule has 5 heteroatoms. The lowest BCUT2D eigenvalue weighted by Gasteiger charge is -2.39. The third-order valence-corrected chi connectivity index (χ3v) is 3.76. The molecule has 1 saturated heterocycles. The first-order valence-electron chi connectivity index (χ1n) is 5.80. The zero-order chi connectivity index (χ0) is 12.5. The minimum atomic E-state index is -0.353. The second-order valence-electron chi connectivity index (χ2n) is 4.96. The van der Waals surface area contributed by atoms with Crippen LogP contribution in [0.2, 0.25) is 5.02 Å². The average molecular weight is 258 g/mol. The molecule has 0 saturated carbocycles. The molecule has 2 N–H and O–H groups in total. The predicted octanol–water partition coefficient (Wildman–Crippen LogP) is 2.44. The topological polar surface area (TPSA) is 42.1 Å². The van der Waals surface area contributed by atoms with E-state index in [9.17, 15) is 4.39 Å². The summed E-state index contributed by atoms with van der Waals surface area (Å²) in [5.74, 6) is 0.0438. The summed E-state index contributed by atoms with van der Waals surface area (Å²) in [6.07, 6.45) is 3.41. The van der Waals surface area contributed by atoms with Crippen LogP contribution in [0.4, 0.5) is 10.2 Å². The highest BCUT2D eigenvalue weighted by atomic mass is 35.5. The number of pyridine rings is 1. The standard InChI is InChI=1S/C12H17ClFN3/c1-12(8-15)2-4-17(5-3-12)11-10(14)6-9(13)7-16-11/h6-7H,2-5,8,15H2,1H3. The highest BCUT2D eigenvalue weighted by molar-refractivity contribution is 6.30. The molecule has 1 fully saturated rings. The molecule has 2 heterocycles. The number of nitrogens with two attached hydrogens (primary N) is 1. The molecule has 0 radical (unpaired) electrons. The zero-order valence-electron chi connectivity index (χ0n) is 9.92. The van der Waals surface area contributed by atoms with Gasteiger partial charge in [0.15, 0.2) is 11.6 Å². The highest BCUT2D eigenvalue weighted by Crippen LogP contribution is 2.32. The van der Waals surface area contributed by atoms with Gasteiger partial charge in [-0.2, -0.15) is 0 Å². The van der Waals surface area contributed by atoms with Gasteiger partial charge in [-0.05, 0) is 30.9 Å². The number of hydrogen-bond acceptors (Lipinski definition) is 3. The largest absolute Gasteiger partial charge is 0.354 e. The number of nitrogens with zero attached hydrogens (tertiary/aromatic N) is 2. The summed E-state index contributed by atoms with van der Waals surface area (Å²) in [7, 11) is 0. The van der Waals surface area contributed by atoms with E-state index in [1.54, 1.807) is 0 Å². The van der Waals surface area contributed by atoms with Crippen molar-refractivity contribution >= 4 is 17.4 Å². The lowest BCUT2D eigenvalue weighted by molar-refractivity contribution is 0.257. The van der Waals surface area contributed by atoms with Gasteiger partial charge in [-0.25, -0.2) is 9.37 Å². The maximum absolute atomic E-state index is 13.7. The van der Waals surface area contributed by atoms with Crippen LogP contribution < -0.4 is 10.6 Å². The van der Waals surface area contributed by atoms with E-state index < -0.39 is 0 Å². The molecule has 0 amide bonds.